The molecule has 248 valence electrons. The average Bonchev–Trinajstić information content (AvgIpc) is 3.68. The van der Waals surface area contributed by atoms with Crippen LogP contribution in [0.25, 0.3) is 89.5 Å². The Kier molecular flexibility index (Phi) is 6.91. The second-order valence-corrected chi connectivity index (χ2v) is 19.3. The maximum atomic E-state index is 6.45. The molecule has 0 spiro atoms. The van der Waals surface area contributed by atoms with E-state index in [1.807, 2.05) is 36.4 Å². The molecule has 10 rings (SSSR count). The van der Waals surface area contributed by atoms with Gasteiger partial charge >= 0.3 is 292 Å². The van der Waals surface area contributed by atoms with Gasteiger partial charge in [-0.2, -0.15) is 0 Å². The van der Waals surface area contributed by atoms with Crippen molar-refractivity contribution in [1.82, 2.24) is 15.0 Å². The minimum absolute atomic E-state index is 0.604. The van der Waals surface area contributed by atoms with Crippen LogP contribution in [0.15, 0.2) is 168 Å². The van der Waals surface area contributed by atoms with E-state index in [0.717, 1.165) is 60.9 Å². The fraction of sp³-hybridized carbons (Fsp3) is 0.0426. The van der Waals surface area contributed by atoms with E-state index >= 15 is 0 Å². The number of fused-ring (bicyclic) bond motifs is 6. The summed E-state index contributed by atoms with van der Waals surface area (Å²) in [6, 6.07) is 57.6. The van der Waals surface area contributed by atoms with Gasteiger partial charge in [0.15, 0.2) is 0 Å². The first kappa shape index (κ1) is 30.4. The van der Waals surface area contributed by atoms with Gasteiger partial charge in [-0.3, -0.25) is 0 Å². The maximum absolute atomic E-state index is 6.45. The fourth-order valence-corrected chi connectivity index (χ4v) is 11.7. The number of nitrogens with zero attached hydrogens (tertiary/aromatic N) is 3. The van der Waals surface area contributed by atoms with E-state index in [2.05, 4.69) is 140 Å². The molecule has 7 aromatic carbocycles. The van der Waals surface area contributed by atoms with Crippen molar-refractivity contribution < 1.29 is 4.42 Å². The van der Waals surface area contributed by atoms with Crippen LogP contribution in [0.5, 0.6) is 0 Å². The van der Waals surface area contributed by atoms with E-state index in [9.17, 15) is 0 Å². The van der Waals surface area contributed by atoms with Crippen LogP contribution in [-0.4, -0.2) is 23.0 Å². The number of furan rings is 1. The van der Waals surface area contributed by atoms with Crippen LogP contribution in [0.4, 0.5) is 0 Å². The van der Waals surface area contributed by atoms with Crippen molar-refractivity contribution in [1.29, 1.82) is 0 Å². The van der Waals surface area contributed by atoms with Crippen molar-refractivity contribution in [3.05, 3.63) is 164 Å². The van der Waals surface area contributed by atoms with E-state index in [-0.39, 0.29) is 0 Å². The summed E-state index contributed by atoms with van der Waals surface area (Å²) in [6.07, 6.45) is 0. The van der Waals surface area contributed by atoms with E-state index in [0.29, 0.717) is 17.5 Å². The third kappa shape index (κ3) is 4.85. The van der Waals surface area contributed by atoms with Crippen LogP contribution >= 0.6 is 0 Å². The molecular formula is C47H34N3OSi-. The monoisotopic (exact) mass is 684 g/mol. The number of benzene rings is 7. The van der Waals surface area contributed by atoms with Crippen molar-refractivity contribution in [3.63, 3.8) is 0 Å². The quantitative estimate of drug-likeness (QED) is 0.169. The van der Waals surface area contributed by atoms with Crippen molar-refractivity contribution >= 4 is 40.4 Å². The molecule has 9 aromatic rings. The second-order valence-electron chi connectivity index (χ2n) is 14.3. The first-order valence-corrected chi connectivity index (χ1v) is 21.4. The number of hydrogen-bond donors (Lipinski definition) is 0. The van der Waals surface area contributed by atoms with E-state index in [1.54, 1.807) is 0 Å². The van der Waals surface area contributed by atoms with Gasteiger partial charge in [-0.05, 0) is 0 Å². The second kappa shape index (κ2) is 11.8. The first-order chi connectivity index (χ1) is 25.5. The zero-order valence-corrected chi connectivity index (χ0v) is 30.1. The Hall–Kier alpha value is -6.43. The minimum atomic E-state index is -2.37. The van der Waals surface area contributed by atoms with Crippen LogP contribution < -0.4 is 10.4 Å². The van der Waals surface area contributed by atoms with Crippen LogP contribution in [0.1, 0.15) is 0 Å². The Labute approximate surface area is 303 Å². The Bertz CT molecular complexity index is 2810. The predicted octanol–water partition coefficient (Wildman–Crippen LogP) is 10.6. The molecule has 0 saturated heterocycles. The Balaban J connectivity index is 1.28. The average molecular weight is 685 g/mol. The molecule has 0 atom stereocenters. The summed E-state index contributed by atoms with van der Waals surface area (Å²) < 4.78 is 6.45. The molecule has 0 N–H and O–H groups in total. The van der Waals surface area contributed by atoms with Gasteiger partial charge in [0, 0.05) is 0 Å². The van der Waals surface area contributed by atoms with Crippen LogP contribution in [-0.2, 0) is 0 Å². The summed E-state index contributed by atoms with van der Waals surface area (Å²) in [5, 5.41) is 5.07. The number of para-hydroxylation sites is 1. The topological polar surface area (TPSA) is 51.8 Å². The summed E-state index contributed by atoms with van der Waals surface area (Å²) in [5.41, 5.74) is 11.5. The standard InChI is InChI=1S/C47H34N3OSi/c1-52(2)43-25-15-13-23-34(43)38-27-36(31-18-8-4-9-19-31)40(29-44(38)52)47-49-45(32-20-10-5-11-21-32)48-46(50-47)39-28-42-37(33-22-12-14-24-41(33)51-42)26-35(39)30-16-6-3-7-17-30/h3-29,52H,1-2H3/q-1. The number of aromatic nitrogens is 3. The summed E-state index contributed by atoms with van der Waals surface area (Å²) in [7, 11) is -2.37. The van der Waals surface area contributed by atoms with Gasteiger partial charge < -0.3 is 0 Å². The summed E-state index contributed by atoms with van der Waals surface area (Å²) in [5.74, 6) is 1.89. The molecule has 0 fully saturated rings. The van der Waals surface area contributed by atoms with Crippen molar-refractivity contribution in [2.24, 2.45) is 0 Å². The number of rotatable bonds is 5. The van der Waals surface area contributed by atoms with Gasteiger partial charge in [-0.15, -0.1) is 0 Å². The molecule has 0 unspecified atom stereocenters. The van der Waals surface area contributed by atoms with Gasteiger partial charge in [0.05, 0.1) is 0 Å². The SMILES string of the molecule is C[SiH-]1(C)c2ccccc2-c2cc(-c3ccccc3)c(-c3nc(-c4ccccc4)nc(-c4cc5oc6ccccc6c5cc4-c4ccccc4)n3)cc21. The zero-order chi connectivity index (χ0) is 34.8. The predicted molar refractivity (Wildman–Crippen MR) is 218 cm³/mol. The van der Waals surface area contributed by atoms with Gasteiger partial charge in [-0.1, -0.05) is 12.1 Å². The van der Waals surface area contributed by atoms with Crippen molar-refractivity contribution in [3.8, 4) is 67.5 Å². The zero-order valence-electron chi connectivity index (χ0n) is 28.9. The van der Waals surface area contributed by atoms with E-state index in [4.69, 9.17) is 19.4 Å². The molecule has 2 aromatic heterocycles. The molecule has 0 bridgehead atoms. The summed E-state index contributed by atoms with van der Waals surface area (Å²) in [4.78, 5) is 15.9. The van der Waals surface area contributed by atoms with Crippen molar-refractivity contribution in [2.45, 2.75) is 13.1 Å². The summed E-state index contributed by atoms with van der Waals surface area (Å²) in [6.45, 7) is 4.96. The number of hydrogen-bond acceptors (Lipinski definition) is 4. The molecule has 52 heavy (non-hydrogen) atoms. The Morgan fingerprint density at radius 2 is 0.904 bits per heavy atom. The first-order valence-electron chi connectivity index (χ1n) is 17.9. The Morgan fingerprint density at radius 3 is 1.60 bits per heavy atom. The van der Waals surface area contributed by atoms with Gasteiger partial charge in [0.2, 0.25) is 0 Å². The van der Waals surface area contributed by atoms with Crippen LogP contribution in [0.2, 0.25) is 13.1 Å². The molecule has 3 heterocycles. The molecular weight excluding hydrogens is 651 g/mol. The van der Waals surface area contributed by atoms with Crippen LogP contribution in [0.3, 0.4) is 0 Å². The third-order valence-electron chi connectivity index (χ3n) is 10.8. The van der Waals surface area contributed by atoms with Gasteiger partial charge in [0.25, 0.3) is 0 Å². The third-order valence-corrected chi connectivity index (χ3v) is 14.9. The van der Waals surface area contributed by atoms with Gasteiger partial charge in [-0.25, -0.2) is 0 Å². The normalized spacial score (nSPS) is 13.6. The summed E-state index contributed by atoms with van der Waals surface area (Å²) >= 11 is 0. The molecule has 1 aliphatic rings. The molecule has 0 radical (unpaired) electrons. The van der Waals surface area contributed by atoms with Crippen LogP contribution in [0, 0.1) is 0 Å². The molecule has 0 saturated carbocycles. The van der Waals surface area contributed by atoms with Gasteiger partial charge in [0.1, 0.15) is 0 Å². The van der Waals surface area contributed by atoms with E-state index in [1.165, 1.54) is 21.5 Å². The molecule has 1 aliphatic heterocycles. The molecule has 4 nitrogen and oxygen atoms in total. The van der Waals surface area contributed by atoms with Crippen molar-refractivity contribution in [2.75, 3.05) is 0 Å². The molecule has 5 heteroatoms. The molecule has 0 amide bonds. The fourth-order valence-electron chi connectivity index (χ4n) is 8.17. The molecule has 0 aliphatic carbocycles. The Morgan fingerprint density at radius 1 is 0.365 bits per heavy atom. The van der Waals surface area contributed by atoms with E-state index < -0.39 is 8.07 Å².